The normalized spacial score (nSPS) is 22.2. The molecule has 64 valence electrons. The maximum Gasteiger partial charge on any atom is 0.150 e. The first-order chi connectivity index (χ1) is 5.33. The van der Waals surface area contributed by atoms with Crippen LogP contribution in [0.3, 0.4) is 0 Å². The van der Waals surface area contributed by atoms with Crippen LogP contribution in [0.15, 0.2) is 0 Å². The first kappa shape index (κ1) is 9.18. The molecule has 1 aliphatic heterocycles. The van der Waals surface area contributed by atoms with Gasteiger partial charge in [-0.2, -0.15) is 0 Å². The van der Waals surface area contributed by atoms with E-state index in [-0.39, 0.29) is 0 Å². The Balaban J connectivity index is 2.34. The van der Waals surface area contributed by atoms with Crippen molar-refractivity contribution in [3.63, 3.8) is 0 Å². The minimum atomic E-state index is -1.05. The standard InChI is InChI=1S/C8H16NOP/c1-2-11(10)8-9-6-4-3-5-7-9/h8H,2-7H2,1H3. The molecule has 0 aliphatic carbocycles. The Kier molecular flexibility index (Phi) is 4.06. The van der Waals surface area contributed by atoms with Crippen molar-refractivity contribution in [3.05, 3.63) is 0 Å². The van der Waals surface area contributed by atoms with Gasteiger partial charge in [-0.25, -0.2) is 4.90 Å². The summed E-state index contributed by atoms with van der Waals surface area (Å²) in [5, 5.41) is 0. The third kappa shape index (κ3) is 3.33. The van der Waals surface area contributed by atoms with Gasteiger partial charge in [0.25, 0.3) is 0 Å². The Morgan fingerprint density at radius 1 is 1.36 bits per heavy atom. The van der Waals surface area contributed by atoms with Crippen LogP contribution in [0, 0.1) is 0 Å². The number of hydrogen-bond donors (Lipinski definition) is 0. The summed E-state index contributed by atoms with van der Waals surface area (Å²) >= 11 is 0. The lowest BCUT2D eigenvalue weighted by Gasteiger charge is -2.20. The summed E-state index contributed by atoms with van der Waals surface area (Å²) < 4.78 is 0. The maximum absolute atomic E-state index is 11.1. The van der Waals surface area contributed by atoms with Crippen LogP contribution in [-0.2, 0) is 0 Å². The molecule has 2 nitrogen and oxygen atoms in total. The highest BCUT2D eigenvalue weighted by Crippen LogP contribution is 2.12. The van der Waals surface area contributed by atoms with Gasteiger partial charge in [-0.15, -0.1) is 0 Å². The molecular weight excluding hydrogens is 157 g/mol. The van der Waals surface area contributed by atoms with Gasteiger partial charge >= 0.3 is 0 Å². The van der Waals surface area contributed by atoms with Crippen LogP contribution in [0.2, 0.25) is 0 Å². The smallest absolute Gasteiger partial charge is 0.150 e. The van der Waals surface area contributed by atoms with E-state index in [9.17, 15) is 4.89 Å². The van der Waals surface area contributed by atoms with E-state index < -0.39 is 7.77 Å². The zero-order valence-corrected chi connectivity index (χ0v) is 8.02. The van der Waals surface area contributed by atoms with E-state index in [0.29, 0.717) is 0 Å². The second kappa shape index (κ2) is 4.87. The number of piperidine rings is 1. The number of likely N-dealkylation sites (tertiary alicyclic amines) is 1. The minimum Gasteiger partial charge on any atom is -0.630 e. The maximum atomic E-state index is 11.1. The van der Waals surface area contributed by atoms with E-state index in [4.69, 9.17) is 0 Å². The molecule has 1 saturated heterocycles. The summed E-state index contributed by atoms with van der Waals surface area (Å²) in [7, 11) is -1.05. The molecule has 0 N–H and O–H groups in total. The van der Waals surface area contributed by atoms with Crippen LogP contribution in [0.25, 0.3) is 0 Å². The van der Waals surface area contributed by atoms with Gasteiger partial charge in [0.15, 0.2) is 5.92 Å². The molecule has 1 unspecified atom stereocenters. The Morgan fingerprint density at radius 3 is 2.55 bits per heavy atom. The van der Waals surface area contributed by atoms with E-state index in [0.717, 1.165) is 19.3 Å². The van der Waals surface area contributed by atoms with Gasteiger partial charge in [0.2, 0.25) is 0 Å². The molecular formula is C8H16NOP. The van der Waals surface area contributed by atoms with Gasteiger partial charge in [-0.1, -0.05) is 6.42 Å². The fourth-order valence-electron chi connectivity index (χ4n) is 1.30. The summed E-state index contributed by atoms with van der Waals surface area (Å²) in [6.45, 7) is 4.20. The van der Waals surface area contributed by atoms with E-state index in [1.165, 1.54) is 19.3 Å². The molecule has 0 bridgehead atoms. The van der Waals surface area contributed by atoms with Gasteiger partial charge < -0.3 is 4.89 Å². The van der Waals surface area contributed by atoms with Crippen LogP contribution in [-0.4, -0.2) is 30.1 Å². The lowest BCUT2D eigenvalue weighted by atomic mass is 10.1. The molecule has 1 atom stereocenters. The van der Waals surface area contributed by atoms with Crippen molar-refractivity contribution in [1.29, 1.82) is 0 Å². The molecule has 0 radical (unpaired) electrons. The molecule has 0 saturated carbocycles. The van der Waals surface area contributed by atoms with Gasteiger partial charge in [-0.3, -0.25) is 0 Å². The van der Waals surface area contributed by atoms with E-state index in [2.05, 4.69) is 4.90 Å². The SMILES string of the molecule is CC[P+]([O-])=CN1CCCCC1. The average molecular weight is 173 g/mol. The minimum absolute atomic E-state index is 0.784. The van der Waals surface area contributed by atoms with Crippen LogP contribution >= 0.6 is 7.77 Å². The summed E-state index contributed by atoms with van der Waals surface area (Å²) in [5.74, 6) is 1.93. The zero-order valence-electron chi connectivity index (χ0n) is 7.12. The van der Waals surface area contributed by atoms with Crippen LogP contribution in [0.1, 0.15) is 26.2 Å². The van der Waals surface area contributed by atoms with Crippen molar-refractivity contribution in [2.45, 2.75) is 26.2 Å². The molecule has 3 heteroatoms. The molecule has 1 rings (SSSR count). The van der Waals surface area contributed by atoms with Gasteiger partial charge in [0.1, 0.15) is 6.16 Å². The van der Waals surface area contributed by atoms with Crippen molar-refractivity contribution >= 4 is 13.7 Å². The summed E-state index contributed by atoms with van der Waals surface area (Å²) in [6, 6.07) is 0. The zero-order chi connectivity index (χ0) is 8.10. The predicted molar refractivity (Wildman–Crippen MR) is 48.9 cm³/mol. The first-order valence-electron chi connectivity index (χ1n) is 4.35. The van der Waals surface area contributed by atoms with Crippen molar-refractivity contribution in [2.24, 2.45) is 0 Å². The van der Waals surface area contributed by atoms with Gasteiger partial charge in [0, 0.05) is 13.1 Å². The Morgan fingerprint density at radius 2 is 2.00 bits per heavy atom. The molecule has 0 aromatic carbocycles. The molecule has 11 heavy (non-hydrogen) atoms. The van der Waals surface area contributed by atoms with Crippen molar-refractivity contribution in [2.75, 3.05) is 19.3 Å². The third-order valence-electron chi connectivity index (χ3n) is 1.99. The third-order valence-corrected chi connectivity index (χ3v) is 3.20. The molecule has 0 spiro atoms. The number of nitrogens with zero attached hydrogens (tertiary/aromatic N) is 1. The molecule has 0 aromatic heterocycles. The summed E-state index contributed by atoms with van der Waals surface area (Å²) in [5.41, 5.74) is 0. The molecule has 1 fully saturated rings. The largest absolute Gasteiger partial charge is 0.630 e. The van der Waals surface area contributed by atoms with Gasteiger partial charge in [0.05, 0.1) is 7.77 Å². The van der Waals surface area contributed by atoms with Gasteiger partial charge in [-0.05, 0) is 19.8 Å². The fraction of sp³-hybridized carbons (Fsp3) is 0.875. The topological polar surface area (TPSA) is 26.3 Å². The monoisotopic (exact) mass is 173 g/mol. The van der Waals surface area contributed by atoms with Crippen LogP contribution in [0.4, 0.5) is 0 Å². The Labute approximate surface area is 69.7 Å². The summed E-state index contributed by atoms with van der Waals surface area (Å²) in [6.07, 6.45) is 4.66. The van der Waals surface area contributed by atoms with E-state index in [1.54, 1.807) is 0 Å². The lowest BCUT2D eigenvalue weighted by molar-refractivity contribution is -0.152. The average Bonchev–Trinajstić information content (AvgIpc) is 2.06. The highest BCUT2D eigenvalue weighted by Gasteiger charge is 2.09. The molecule has 0 aromatic rings. The highest BCUT2D eigenvalue weighted by molar-refractivity contribution is 7.49. The molecule has 1 aliphatic rings. The predicted octanol–water partition coefficient (Wildman–Crippen LogP) is 1.01. The highest BCUT2D eigenvalue weighted by atomic mass is 31.1. The summed E-state index contributed by atoms with van der Waals surface area (Å²) in [4.78, 5) is 13.3. The Bertz CT molecular complexity index is 141. The van der Waals surface area contributed by atoms with Crippen molar-refractivity contribution in [3.8, 4) is 0 Å². The second-order valence-corrected chi connectivity index (χ2v) is 4.64. The quantitative estimate of drug-likeness (QED) is 0.582. The fourth-order valence-corrected chi connectivity index (χ4v) is 2.06. The van der Waals surface area contributed by atoms with E-state index >= 15 is 0 Å². The first-order valence-corrected chi connectivity index (χ1v) is 5.87. The van der Waals surface area contributed by atoms with Crippen molar-refractivity contribution < 1.29 is 4.89 Å². The van der Waals surface area contributed by atoms with Crippen LogP contribution in [0.5, 0.6) is 0 Å². The van der Waals surface area contributed by atoms with Crippen molar-refractivity contribution in [1.82, 2.24) is 4.90 Å². The molecule has 1 heterocycles. The number of hydrogen-bond acceptors (Lipinski definition) is 1. The lowest BCUT2D eigenvalue weighted by Crippen LogP contribution is -2.28. The molecule has 0 amide bonds. The van der Waals surface area contributed by atoms with Crippen LogP contribution < -0.4 is 4.89 Å². The van der Waals surface area contributed by atoms with E-state index in [1.807, 2.05) is 12.8 Å². The number of rotatable bonds is 2. The second-order valence-electron chi connectivity index (χ2n) is 2.95. The Hall–Kier alpha value is 0.0900.